The quantitative estimate of drug-likeness (QED) is 0.156. The van der Waals surface area contributed by atoms with Crippen LogP contribution in [0.2, 0.25) is 0 Å². The van der Waals surface area contributed by atoms with Crippen molar-refractivity contribution in [2.75, 3.05) is 9.80 Å². The van der Waals surface area contributed by atoms with Crippen LogP contribution in [0.15, 0.2) is 211 Å². The van der Waals surface area contributed by atoms with Gasteiger partial charge in [-0.2, -0.15) is 0 Å². The summed E-state index contributed by atoms with van der Waals surface area (Å²) >= 11 is 0. The second-order valence-corrected chi connectivity index (χ2v) is 13.4. The molecule has 0 bridgehead atoms. The van der Waals surface area contributed by atoms with Crippen LogP contribution in [0, 0.1) is 0 Å². The van der Waals surface area contributed by atoms with Crippen molar-refractivity contribution in [1.82, 2.24) is 0 Å². The van der Waals surface area contributed by atoms with E-state index in [4.69, 9.17) is 4.42 Å². The third-order valence-electron chi connectivity index (χ3n) is 10.2. The molecule has 1 aromatic heterocycles. The molecule has 53 heavy (non-hydrogen) atoms. The molecule has 0 aliphatic carbocycles. The molecule has 10 aromatic rings. The van der Waals surface area contributed by atoms with Gasteiger partial charge in [0.05, 0.1) is 0 Å². The highest BCUT2D eigenvalue weighted by molar-refractivity contribution is 6.17. The van der Waals surface area contributed by atoms with Crippen molar-refractivity contribution in [1.29, 1.82) is 0 Å². The van der Waals surface area contributed by atoms with Gasteiger partial charge < -0.3 is 14.2 Å². The van der Waals surface area contributed by atoms with E-state index in [1.165, 1.54) is 27.3 Å². The lowest BCUT2D eigenvalue weighted by Crippen LogP contribution is -2.13. The number of hydrogen-bond acceptors (Lipinski definition) is 3. The maximum absolute atomic E-state index is 6.26. The van der Waals surface area contributed by atoms with Crippen molar-refractivity contribution in [2.24, 2.45) is 0 Å². The maximum Gasteiger partial charge on any atom is 0.136 e. The van der Waals surface area contributed by atoms with Crippen LogP contribution in [0.1, 0.15) is 0 Å². The number of fused-ring (bicyclic) bond motifs is 6. The Morgan fingerprint density at radius 2 is 0.755 bits per heavy atom. The molecule has 3 nitrogen and oxygen atoms in total. The minimum Gasteiger partial charge on any atom is -0.456 e. The summed E-state index contributed by atoms with van der Waals surface area (Å²) in [5.74, 6) is 0. The molecule has 0 aliphatic rings. The summed E-state index contributed by atoms with van der Waals surface area (Å²) in [6, 6.07) is 73.5. The maximum atomic E-state index is 6.26. The number of anilines is 6. The number of furan rings is 1. The zero-order valence-electron chi connectivity index (χ0n) is 28.9. The monoisotopic (exact) mass is 678 g/mol. The number of para-hydroxylation sites is 3. The van der Waals surface area contributed by atoms with Gasteiger partial charge in [-0.05, 0) is 118 Å². The average Bonchev–Trinajstić information content (AvgIpc) is 3.59. The first kappa shape index (κ1) is 30.7. The number of benzene rings is 9. The standard InChI is InChI=1S/C50H34N2O/c1-4-13-35(14-5-1)36-25-28-41(29-26-36)51(39-15-6-2-7-16-39)42-19-12-20-43(32-42)52(40-17-8-3-9-18-40)44-30-27-37-23-24-38-31-50-48(34-47(38)46(37)33-44)45-21-10-11-22-49(45)53-50/h1-34H. The van der Waals surface area contributed by atoms with Gasteiger partial charge >= 0.3 is 0 Å². The average molecular weight is 679 g/mol. The Bertz CT molecular complexity index is 2880. The molecule has 0 N–H and O–H groups in total. The van der Waals surface area contributed by atoms with Crippen LogP contribution in [-0.4, -0.2) is 0 Å². The zero-order valence-corrected chi connectivity index (χ0v) is 28.9. The normalized spacial score (nSPS) is 11.4. The van der Waals surface area contributed by atoms with Gasteiger partial charge in [0.1, 0.15) is 11.2 Å². The molecule has 0 saturated heterocycles. The predicted octanol–water partition coefficient (Wildman–Crippen LogP) is 14.5. The van der Waals surface area contributed by atoms with Gasteiger partial charge in [-0.25, -0.2) is 0 Å². The molecule has 0 aliphatic heterocycles. The van der Waals surface area contributed by atoms with Gasteiger partial charge in [-0.15, -0.1) is 0 Å². The molecule has 0 saturated carbocycles. The molecule has 0 atom stereocenters. The lowest BCUT2D eigenvalue weighted by atomic mass is 9.99. The fourth-order valence-corrected chi connectivity index (χ4v) is 7.65. The number of hydrogen-bond donors (Lipinski definition) is 0. The molecule has 10 rings (SSSR count). The molecular formula is C50H34N2O. The minimum absolute atomic E-state index is 0.912. The van der Waals surface area contributed by atoms with Crippen LogP contribution in [-0.2, 0) is 0 Å². The number of rotatable bonds is 7. The first-order chi connectivity index (χ1) is 26.3. The van der Waals surface area contributed by atoms with Gasteiger partial charge in [0.2, 0.25) is 0 Å². The van der Waals surface area contributed by atoms with E-state index in [0.29, 0.717) is 0 Å². The topological polar surface area (TPSA) is 19.6 Å². The SMILES string of the molecule is c1ccc(-c2ccc(N(c3ccccc3)c3cccc(N(c4ccccc4)c4ccc5ccc6cc7oc8ccccc8c7cc6c5c4)c3)cc2)cc1. The fraction of sp³-hybridized carbons (Fsp3) is 0. The summed E-state index contributed by atoms with van der Waals surface area (Å²) in [6.45, 7) is 0. The van der Waals surface area contributed by atoms with Gasteiger partial charge in [-0.3, -0.25) is 0 Å². The molecular weight excluding hydrogens is 645 g/mol. The molecule has 9 aromatic carbocycles. The predicted molar refractivity (Wildman–Crippen MR) is 224 cm³/mol. The van der Waals surface area contributed by atoms with Gasteiger partial charge in [0, 0.05) is 44.9 Å². The van der Waals surface area contributed by atoms with E-state index >= 15 is 0 Å². The Labute approximate surface area is 308 Å². The Morgan fingerprint density at radius 3 is 1.47 bits per heavy atom. The van der Waals surface area contributed by atoms with Crippen LogP contribution < -0.4 is 9.80 Å². The Hall–Kier alpha value is -7.10. The van der Waals surface area contributed by atoms with E-state index in [-0.39, 0.29) is 0 Å². The van der Waals surface area contributed by atoms with E-state index in [0.717, 1.165) is 61.4 Å². The summed E-state index contributed by atoms with van der Waals surface area (Å²) in [5, 5.41) is 7.04. The molecule has 0 radical (unpaired) electrons. The first-order valence-electron chi connectivity index (χ1n) is 18.0. The second-order valence-electron chi connectivity index (χ2n) is 13.4. The van der Waals surface area contributed by atoms with Crippen molar-refractivity contribution in [3.8, 4) is 11.1 Å². The van der Waals surface area contributed by atoms with Gasteiger partial charge in [-0.1, -0.05) is 121 Å². The van der Waals surface area contributed by atoms with Crippen LogP contribution in [0.3, 0.4) is 0 Å². The van der Waals surface area contributed by atoms with Crippen LogP contribution in [0.4, 0.5) is 34.1 Å². The fourth-order valence-electron chi connectivity index (χ4n) is 7.65. The summed E-state index contributed by atoms with van der Waals surface area (Å²) in [5.41, 5.74) is 10.7. The smallest absolute Gasteiger partial charge is 0.136 e. The van der Waals surface area contributed by atoms with Crippen molar-refractivity contribution >= 4 is 77.6 Å². The molecule has 250 valence electrons. The van der Waals surface area contributed by atoms with Gasteiger partial charge in [0.25, 0.3) is 0 Å². The summed E-state index contributed by atoms with van der Waals surface area (Å²) in [4.78, 5) is 4.69. The van der Waals surface area contributed by atoms with E-state index in [1.807, 2.05) is 12.1 Å². The molecule has 3 heteroatoms. The van der Waals surface area contributed by atoms with E-state index in [1.54, 1.807) is 0 Å². The summed E-state index contributed by atoms with van der Waals surface area (Å²) in [6.07, 6.45) is 0. The van der Waals surface area contributed by atoms with Crippen molar-refractivity contribution < 1.29 is 4.42 Å². The molecule has 0 spiro atoms. The summed E-state index contributed by atoms with van der Waals surface area (Å²) in [7, 11) is 0. The first-order valence-corrected chi connectivity index (χ1v) is 18.0. The van der Waals surface area contributed by atoms with Crippen molar-refractivity contribution in [2.45, 2.75) is 0 Å². The van der Waals surface area contributed by atoms with Crippen LogP contribution in [0.25, 0.3) is 54.6 Å². The molecule has 1 heterocycles. The minimum atomic E-state index is 0.912. The third kappa shape index (κ3) is 5.56. The second kappa shape index (κ2) is 12.9. The molecule has 0 fully saturated rings. The zero-order chi connectivity index (χ0) is 35.1. The van der Waals surface area contributed by atoms with Gasteiger partial charge in [0.15, 0.2) is 0 Å². The number of nitrogens with zero attached hydrogens (tertiary/aromatic N) is 2. The Balaban J connectivity index is 1.12. The van der Waals surface area contributed by atoms with Crippen LogP contribution in [0.5, 0.6) is 0 Å². The highest BCUT2D eigenvalue weighted by Crippen LogP contribution is 2.42. The van der Waals surface area contributed by atoms with E-state index in [2.05, 4.69) is 204 Å². The highest BCUT2D eigenvalue weighted by Gasteiger charge is 2.18. The lowest BCUT2D eigenvalue weighted by Gasteiger charge is -2.29. The molecule has 0 unspecified atom stereocenters. The summed E-state index contributed by atoms with van der Waals surface area (Å²) < 4.78 is 6.26. The Kier molecular flexibility index (Phi) is 7.47. The highest BCUT2D eigenvalue weighted by atomic mass is 16.3. The van der Waals surface area contributed by atoms with E-state index in [9.17, 15) is 0 Å². The largest absolute Gasteiger partial charge is 0.456 e. The molecule has 0 amide bonds. The van der Waals surface area contributed by atoms with E-state index < -0.39 is 0 Å². The van der Waals surface area contributed by atoms with Crippen LogP contribution >= 0.6 is 0 Å². The lowest BCUT2D eigenvalue weighted by molar-refractivity contribution is 0.669. The third-order valence-corrected chi connectivity index (χ3v) is 10.2. The van der Waals surface area contributed by atoms with Crippen molar-refractivity contribution in [3.05, 3.63) is 206 Å². The Morgan fingerprint density at radius 1 is 0.264 bits per heavy atom. The van der Waals surface area contributed by atoms with Crippen molar-refractivity contribution in [3.63, 3.8) is 0 Å².